The van der Waals surface area contributed by atoms with Gasteiger partial charge in [-0.3, -0.25) is 0 Å². The highest BCUT2D eigenvalue weighted by molar-refractivity contribution is 4.90. The lowest BCUT2D eigenvalue weighted by Gasteiger charge is -2.44. The van der Waals surface area contributed by atoms with Crippen molar-refractivity contribution >= 4 is 0 Å². The molecule has 0 unspecified atom stereocenters. The van der Waals surface area contributed by atoms with Gasteiger partial charge in [0.05, 0.1) is 5.60 Å². The fraction of sp³-hybridized carbons (Fsp3) is 1.00. The lowest BCUT2D eigenvalue weighted by molar-refractivity contribution is -0.0855. The quantitative estimate of drug-likeness (QED) is 0.344. The second-order valence-corrected chi connectivity index (χ2v) is 9.19. The van der Waals surface area contributed by atoms with Crippen LogP contribution in [-0.4, -0.2) is 12.2 Å². The maximum absolute atomic E-state index is 6.32. The average Bonchev–Trinajstić information content (AvgIpc) is 2.64. The molecule has 0 radical (unpaired) electrons. The topological polar surface area (TPSA) is 9.23 Å². The lowest BCUT2D eigenvalue weighted by atomic mass is 9.67. The van der Waals surface area contributed by atoms with Crippen molar-refractivity contribution in [3.05, 3.63) is 0 Å². The summed E-state index contributed by atoms with van der Waals surface area (Å²) >= 11 is 0. The first-order valence-electron chi connectivity index (χ1n) is 11.9. The van der Waals surface area contributed by atoms with Crippen LogP contribution in [0.2, 0.25) is 0 Å². The Morgan fingerprint density at radius 2 is 1.32 bits per heavy atom. The molecule has 1 heteroatoms. The molecule has 0 amide bonds. The minimum Gasteiger partial charge on any atom is -0.375 e. The molecule has 2 saturated carbocycles. The Bertz CT molecular complexity index is 321. The van der Waals surface area contributed by atoms with Gasteiger partial charge in [0, 0.05) is 6.61 Å². The van der Waals surface area contributed by atoms with Gasteiger partial charge in [0.2, 0.25) is 0 Å². The van der Waals surface area contributed by atoms with Crippen molar-refractivity contribution in [1.82, 2.24) is 0 Å². The third-order valence-corrected chi connectivity index (χ3v) is 7.40. The van der Waals surface area contributed by atoms with Crippen LogP contribution in [0, 0.1) is 17.8 Å². The van der Waals surface area contributed by atoms with E-state index in [2.05, 4.69) is 20.8 Å². The molecule has 0 spiro atoms. The highest BCUT2D eigenvalue weighted by Crippen LogP contribution is 2.45. The first kappa shape index (κ1) is 21.3. The Morgan fingerprint density at radius 3 is 1.92 bits per heavy atom. The maximum atomic E-state index is 6.32. The summed E-state index contributed by atoms with van der Waals surface area (Å²) in [7, 11) is 0. The van der Waals surface area contributed by atoms with Crippen LogP contribution in [0.5, 0.6) is 0 Å². The van der Waals surface area contributed by atoms with Gasteiger partial charge in [-0.1, -0.05) is 71.6 Å². The molecular weight excluding hydrogens is 304 g/mol. The molecule has 2 fully saturated rings. The van der Waals surface area contributed by atoms with Crippen LogP contribution in [0.4, 0.5) is 0 Å². The van der Waals surface area contributed by atoms with Gasteiger partial charge in [-0.25, -0.2) is 0 Å². The standard InChI is InChI=1S/C24H46O/c1-4-7-9-11-21-12-14-22(15-13-21)23-16-19-24(20-17-23,25-6-3)18-10-8-5-2/h21-23H,4-20H2,1-3H3/t21?,22?,23-,24+. The molecule has 0 atom stereocenters. The monoisotopic (exact) mass is 350 g/mol. The number of unbranched alkanes of at least 4 members (excludes halogenated alkanes) is 4. The van der Waals surface area contributed by atoms with Crippen molar-refractivity contribution in [3.63, 3.8) is 0 Å². The fourth-order valence-electron chi connectivity index (χ4n) is 5.74. The Morgan fingerprint density at radius 1 is 0.720 bits per heavy atom. The molecule has 0 aliphatic heterocycles. The van der Waals surface area contributed by atoms with E-state index in [4.69, 9.17) is 4.74 Å². The van der Waals surface area contributed by atoms with Crippen molar-refractivity contribution in [2.75, 3.05) is 6.61 Å². The lowest BCUT2D eigenvalue weighted by Crippen LogP contribution is -2.39. The summed E-state index contributed by atoms with van der Waals surface area (Å²) in [4.78, 5) is 0. The summed E-state index contributed by atoms with van der Waals surface area (Å²) in [5.74, 6) is 3.11. The highest BCUT2D eigenvalue weighted by atomic mass is 16.5. The summed E-state index contributed by atoms with van der Waals surface area (Å²) in [5.41, 5.74) is 0.248. The number of hydrogen-bond donors (Lipinski definition) is 0. The molecule has 0 N–H and O–H groups in total. The van der Waals surface area contributed by atoms with E-state index in [0.29, 0.717) is 0 Å². The largest absolute Gasteiger partial charge is 0.375 e. The minimum absolute atomic E-state index is 0.248. The molecule has 0 saturated heterocycles. The molecule has 1 nitrogen and oxygen atoms in total. The van der Waals surface area contributed by atoms with E-state index in [1.165, 1.54) is 103 Å². The molecule has 0 heterocycles. The van der Waals surface area contributed by atoms with Crippen LogP contribution in [0.15, 0.2) is 0 Å². The maximum Gasteiger partial charge on any atom is 0.0682 e. The van der Waals surface area contributed by atoms with E-state index in [1.807, 2.05) is 0 Å². The summed E-state index contributed by atoms with van der Waals surface area (Å²) in [6, 6.07) is 0. The van der Waals surface area contributed by atoms with E-state index < -0.39 is 0 Å². The van der Waals surface area contributed by atoms with Crippen molar-refractivity contribution in [1.29, 1.82) is 0 Å². The van der Waals surface area contributed by atoms with Crippen LogP contribution in [0.1, 0.15) is 124 Å². The molecule has 2 aliphatic carbocycles. The first-order valence-corrected chi connectivity index (χ1v) is 11.9. The molecule has 0 aromatic rings. The predicted molar refractivity (Wildman–Crippen MR) is 110 cm³/mol. The third-order valence-electron chi connectivity index (χ3n) is 7.40. The van der Waals surface area contributed by atoms with E-state index in [-0.39, 0.29) is 5.60 Å². The molecule has 0 aromatic heterocycles. The van der Waals surface area contributed by atoms with Crippen LogP contribution in [0.3, 0.4) is 0 Å². The predicted octanol–water partition coefficient (Wildman–Crippen LogP) is 7.92. The summed E-state index contributed by atoms with van der Waals surface area (Å²) in [6.45, 7) is 7.72. The van der Waals surface area contributed by atoms with Gasteiger partial charge >= 0.3 is 0 Å². The summed E-state index contributed by atoms with van der Waals surface area (Å²) < 4.78 is 6.32. The van der Waals surface area contributed by atoms with E-state index in [9.17, 15) is 0 Å². The van der Waals surface area contributed by atoms with Gasteiger partial charge in [0.25, 0.3) is 0 Å². The molecule has 25 heavy (non-hydrogen) atoms. The van der Waals surface area contributed by atoms with Gasteiger partial charge in [0.15, 0.2) is 0 Å². The van der Waals surface area contributed by atoms with E-state index >= 15 is 0 Å². The highest BCUT2D eigenvalue weighted by Gasteiger charge is 2.38. The Kier molecular flexibility index (Phi) is 9.89. The Labute approximate surface area is 158 Å². The van der Waals surface area contributed by atoms with E-state index in [0.717, 1.165) is 24.4 Å². The zero-order chi connectivity index (χ0) is 18.0. The van der Waals surface area contributed by atoms with Crippen molar-refractivity contribution in [3.8, 4) is 0 Å². The molecule has 0 aromatic carbocycles. The zero-order valence-electron chi connectivity index (χ0n) is 17.7. The van der Waals surface area contributed by atoms with E-state index in [1.54, 1.807) is 0 Å². The Balaban J connectivity index is 1.72. The van der Waals surface area contributed by atoms with Crippen LogP contribution in [-0.2, 0) is 4.74 Å². The van der Waals surface area contributed by atoms with Gasteiger partial charge < -0.3 is 4.74 Å². The fourth-order valence-corrected chi connectivity index (χ4v) is 5.74. The van der Waals surface area contributed by atoms with Gasteiger partial charge in [-0.15, -0.1) is 0 Å². The van der Waals surface area contributed by atoms with Gasteiger partial charge in [-0.2, -0.15) is 0 Å². The summed E-state index contributed by atoms with van der Waals surface area (Å²) in [5, 5.41) is 0. The molecule has 2 aliphatic rings. The second-order valence-electron chi connectivity index (χ2n) is 9.19. The number of ether oxygens (including phenoxy) is 1. The van der Waals surface area contributed by atoms with Crippen LogP contribution >= 0.6 is 0 Å². The van der Waals surface area contributed by atoms with Crippen molar-refractivity contribution in [2.45, 2.75) is 129 Å². The normalized spacial score (nSPS) is 33.5. The number of hydrogen-bond acceptors (Lipinski definition) is 1. The smallest absolute Gasteiger partial charge is 0.0682 e. The van der Waals surface area contributed by atoms with Gasteiger partial charge in [-0.05, 0) is 69.6 Å². The van der Waals surface area contributed by atoms with Crippen LogP contribution < -0.4 is 0 Å². The number of rotatable bonds is 11. The molecular formula is C24H46O. The zero-order valence-corrected chi connectivity index (χ0v) is 17.7. The Hall–Kier alpha value is -0.0400. The second kappa shape index (κ2) is 11.6. The van der Waals surface area contributed by atoms with Crippen molar-refractivity contribution < 1.29 is 4.74 Å². The molecule has 2 rings (SSSR count). The summed E-state index contributed by atoms with van der Waals surface area (Å²) in [6.07, 6.45) is 22.8. The minimum atomic E-state index is 0.248. The SMILES string of the molecule is CCCCCC1CCC([C@H]2CC[C@@](CCCCC)(OCC)CC2)CC1. The molecule has 148 valence electrons. The van der Waals surface area contributed by atoms with Gasteiger partial charge in [0.1, 0.15) is 0 Å². The molecule has 0 bridgehead atoms. The first-order chi connectivity index (χ1) is 12.2. The van der Waals surface area contributed by atoms with Crippen molar-refractivity contribution in [2.24, 2.45) is 17.8 Å². The third kappa shape index (κ3) is 6.89. The average molecular weight is 351 g/mol. The van der Waals surface area contributed by atoms with Crippen LogP contribution in [0.25, 0.3) is 0 Å².